The molecule has 3 heterocycles. The molecule has 0 bridgehead atoms. The molecule has 3 aromatic rings. The number of amides is 1. The van der Waals surface area contributed by atoms with Gasteiger partial charge in [-0.3, -0.25) is 9.47 Å². The molecule has 0 unspecified atom stereocenters. The van der Waals surface area contributed by atoms with E-state index in [-0.39, 0.29) is 23.9 Å². The molecule has 190 valence electrons. The second-order valence-corrected chi connectivity index (χ2v) is 9.55. The molecular formula is C26H30N4O6. The summed E-state index contributed by atoms with van der Waals surface area (Å²) in [6.07, 6.45) is 4.24. The summed E-state index contributed by atoms with van der Waals surface area (Å²) in [6.45, 7) is 7.91. The van der Waals surface area contributed by atoms with E-state index in [9.17, 15) is 14.4 Å². The maximum absolute atomic E-state index is 12.9. The number of aromatic amines is 1. The van der Waals surface area contributed by atoms with Crippen LogP contribution in [0, 0.1) is 0 Å². The van der Waals surface area contributed by atoms with E-state index in [0.717, 1.165) is 17.5 Å². The van der Waals surface area contributed by atoms with Crippen LogP contribution in [0.3, 0.4) is 0 Å². The van der Waals surface area contributed by atoms with Gasteiger partial charge in [-0.25, -0.2) is 19.4 Å². The van der Waals surface area contributed by atoms with Gasteiger partial charge in [-0.05, 0) is 64.3 Å². The van der Waals surface area contributed by atoms with E-state index in [1.54, 1.807) is 34.7 Å². The van der Waals surface area contributed by atoms with E-state index in [0.29, 0.717) is 24.6 Å². The van der Waals surface area contributed by atoms with Crippen LogP contribution >= 0.6 is 0 Å². The normalized spacial score (nSPS) is 15.7. The molecule has 4 rings (SSSR count). The van der Waals surface area contributed by atoms with Crippen molar-refractivity contribution in [1.29, 1.82) is 0 Å². The number of benzene rings is 1. The lowest BCUT2D eigenvalue weighted by Gasteiger charge is -2.28. The topological polar surface area (TPSA) is 127 Å². The van der Waals surface area contributed by atoms with Crippen LogP contribution < -0.4 is 0 Å². The van der Waals surface area contributed by atoms with Crippen LogP contribution in [0.5, 0.6) is 0 Å². The summed E-state index contributed by atoms with van der Waals surface area (Å²) in [4.78, 5) is 46.3. The number of ether oxygens (including phenoxy) is 2. The van der Waals surface area contributed by atoms with Gasteiger partial charge in [0.05, 0.1) is 24.4 Å². The zero-order valence-corrected chi connectivity index (χ0v) is 20.8. The first-order valence-corrected chi connectivity index (χ1v) is 11.9. The molecule has 2 aromatic heterocycles. The Labute approximate surface area is 208 Å². The molecule has 0 radical (unpaired) electrons. The van der Waals surface area contributed by atoms with Gasteiger partial charge in [0.2, 0.25) is 0 Å². The molecule has 1 aliphatic rings. The highest BCUT2D eigenvalue weighted by atomic mass is 16.6. The van der Waals surface area contributed by atoms with Crippen molar-refractivity contribution in [3.8, 4) is 16.9 Å². The van der Waals surface area contributed by atoms with E-state index >= 15 is 0 Å². The lowest BCUT2D eigenvalue weighted by Crippen LogP contribution is -2.37. The lowest BCUT2D eigenvalue weighted by atomic mass is 10.1. The summed E-state index contributed by atoms with van der Waals surface area (Å²) >= 11 is 0. The summed E-state index contributed by atoms with van der Waals surface area (Å²) in [6, 6.07) is 7.97. The third-order valence-electron chi connectivity index (χ3n) is 5.83. The first-order chi connectivity index (χ1) is 17.1. The van der Waals surface area contributed by atoms with Crippen LogP contribution in [-0.4, -0.2) is 61.3 Å². The zero-order chi connectivity index (χ0) is 26.0. The average molecular weight is 495 g/mol. The van der Waals surface area contributed by atoms with Crippen molar-refractivity contribution in [2.45, 2.75) is 52.2 Å². The molecule has 1 fully saturated rings. The maximum Gasteiger partial charge on any atom is 0.410 e. The monoisotopic (exact) mass is 494 g/mol. The molecular weight excluding hydrogens is 464 g/mol. The van der Waals surface area contributed by atoms with Gasteiger partial charge in [0.25, 0.3) is 0 Å². The van der Waals surface area contributed by atoms with Crippen LogP contribution in [0.1, 0.15) is 73.2 Å². The van der Waals surface area contributed by atoms with Crippen LogP contribution in [-0.2, 0) is 9.47 Å². The van der Waals surface area contributed by atoms with Gasteiger partial charge in [-0.15, -0.1) is 0 Å². The Morgan fingerprint density at radius 3 is 2.53 bits per heavy atom. The number of rotatable bonds is 6. The molecule has 10 heteroatoms. The van der Waals surface area contributed by atoms with Gasteiger partial charge in [0, 0.05) is 18.3 Å². The fourth-order valence-corrected chi connectivity index (χ4v) is 4.26. The average Bonchev–Trinajstić information content (AvgIpc) is 3.56. The molecule has 2 N–H and O–H groups in total. The lowest BCUT2D eigenvalue weighted by molar-refractivity contribution is 0.0217. The van der Waals surface area contributed by atoms with Crippen LogP contribution in [0.15, 0.2) is 42.7 Å². The van der Waals surface area contributed by atoms with Crippen LogP contribution in [0.25, 0.3) is 16.9 Å². The third-order valence-corrected chi connectivity index (χ3v) is 5.83. The number of carbonyl (C=O) groups is 3. The quantitative estimate of drug-likeness (QED) is 0.471. The minimum atomic E-state index is -0.996. The van der Waals surface area contributed by atoms with E-state index in [1.807, 2.05) is 26.8 Å². The first kappa shape index (κ1) is 25.0. The molecule has 1 aromatic carbocycles. The van der Waals surface area contributed by atoms with E-state index in [4.69, 9.17) is 14.6 Å². The molecule has 10 nitrogen and oxygen atoms in total. The first-order valence-electron chi connectivity index (χ1n) is 11.9. The smallest absolute Gasteiger partial charge is 0.410 e. The predicted octanol–water partition coefficient (Wildman–Crippen LogP) is 4.81. The molecule has 1 amide bonds. The minimum absolute atomic E-state index is 0.194. The van der Waals surface area contributed by atoms with Crippen LogP contribution in [0.2, 0.25) is 0 Å². The van der Waals surface area contributed by atoms with Crippen molar-refractivity contribution >= 4 is 18.0 Å². The zero-order valence-electron chi connectivity index (χ0n) is 20.8. The van der Waals surface area contributed by atoms with Crippen molar-refractivity contribution < 1.29 is 29.0 Å². The number of carbonyl (C=O) groups excluding carboxylic acids is 2. The van der Waals surface area contributed by atoms with Gasteiger partial charge in [-0.2, -0.15) is 0 Å². The largest absolute Gasteiger partial charge is 0.478 e. The second kappa shape index (κ2) is 9.88. The maximum atomic E-state index is 12.9. The predicted molar refractivity (Wildman–Crippen MR) is 131 cm³/mol. The summed E-state index contributed by atoms with van der Waals surface area (Å²) in [5.74, 6) is -0.431. The molecule has 0 spiro atoms. The number of aromatic nitrogens is 3. The van der Waals surface area contributed by atoms with Gasteiger partial charge in [0.1, 0.15) is 17.2 Å². The Morgan fingerprint density at radius 1 is 1.17 bits per heavy atom. The molecule has 1 aliphatic heterocycles. The highest BCUT2D eigenvalue weighted by Crippen LogP contribution is 2.35. The number of H-pyrrole nitrogens is 1. The molecule has 1 saturated heterocycles. The van der Waals surface area contributed by atoms with E-state index < -0.39 is 23.6 Å². The number of esters is 1. The van der Waals surface area contributed by atoms with Gasteiger partial charge < -0.3 is 19.6 Å². The van der Waals surface area contributed by atoms with E-state index in [2.05, 4.69) is 9.97 Å². The summed E-state index contributed by atoms with van der Waals surface area (Å²) < 4.78 is 12.5. The fourth-order valence-electron chi connectivity index (χ4n) is 4.26. The number of nitrogens with zero attached hydrogens (tertiary/aromatic N) is 3. The van der Waals surface area contributed by atoms with Crippen molar-refractivity contribution in [2.24, 2.45) is 0 Å². The number of carboxylic acids is 1. The Kier molecular flexibility index (Phi) is 6.87. The fraction of sp³-hybridized carbons (Fsp3) is 0.385. The van der Waals surface area contributed by atoms with Crippen molar-refractivity contribution in [2.75, 3.05) is 13.2 Å². The Hall–Kier alpha value is -4.08. The Morgan fingerprint density at radius 2 is 1.89 bits per heavy atom. The molecule has 0 aliphatic carbocycles. The van der Waals surface area contributed by atoms with Gasteiger partial charge in [0.15, 0.2) is 5.69 Å². The number of nitrogens with one attached hydrogen (secondary N) is 1. The van der Waals surface area contributed by atoms with Crippen molar-refractivity contribution in [3.63, 3.8) is 0 Å². The summed E-state index contributed by atoms with van der Waals surface area (Å²) in [7, 11) is 0. The highest BCUT2D eigenvalue weighted by Gasteiger charge is 2.37. The van der Waals surface area contributed by atoms with Crippen molar-refractivity contribution in [1.82, 2.24) is 19.4 Å². The number of carboxylic acid groups (broad SMARTS) is 1. The van der Waals surface area contributed by atoms with Gasteiger partial charge in [-0.1, -0.05) is 12.1 Å². The second-order valence-electron chi connectivity index (χ2n) is 9.55. The standard InChI is InChI=1S/C26H30N4O6/c1-5-35-24(33)20-15-28-22(19-7-6-12-29(19)25(34)36-26(2,3)4)30(20)21-13-18(14-27-21)16-8-10-17(11-9-16)23(31)32/h8-11,13-15,19,27H,5-7,12H2,1-4H3,(H,31,32)/t19-/m0/s1. The number of aromatic carboxylic acids is 1. The van der Waals surface area contributed by atoms with Crippen LogP contribution in [0.4, 0.5) is 4.79 Å². The number of likely N-dealkylation sites (tertiary alicyclic amines) is 1. The molecule has 36 heavy (non-hydrogen) atoms. The molecule has 0 saturated carbocycles. The number of imidazole rings is 1. The molecule has 1 atom stereocenters. The van der Waals surface area contributed by atoms with E-state index in [1.165, 1.54) is 18.3 Å². The third kappa shape index (κ3) is 5.12. The minimum Gasteiger partial charge on any atom is -0.478 e. The summed E-state index contributed by atoms with van der Waals surface area (Å²) in [5, 5.41) is 9.16. The number of hydrogen-bond acceptors (Lipinski definition) is 6. The Balaban J connectivity index is 1.73. The highest BCUT2D eigenvalue weighted by molar-refractivity contribution is 5.89. The number of hydrogen-bond donors (Lipinski definition) is 2. The Bertz CT molecular complexity index is 1270. The van der Waals surface area contributed by atoms with Crippen molar-refractivity contribution in [3.05, 3.63) is 59.8 Å². The summed E-state index contributed by atoms with van der Waals surface area (Å²) in [5.41, 5.74) is 1.39. The SMILES string of the molecule is CCOC(=O)c1cnc([C@@H]2CCCN2C(=O)OC(C)(C)C)n1-c1cc(-c2ccc(C(=O)O)cc2)c[nH]1. The van der Waals surface area contributed by atoms with Gasteiger partial charge >= 0.3 is 18.0 Å².